The molecule has 0 spiro atoms. The summed E-state index contributed by atoms with van der Waals surface area (Å²) in [6, 6.07) is 18.5. The summed E-state index contributed by atoms with van der Waals surface area (Å²) < 4.78 is 7.80. The van der Waals surface area contributed by atoms with E-state index in [1.54, 1.807) is 23.1 Å². The van der Waals surface area contributed by atoms with Gasteiger partial charge in [0, 0.05) is 17.2 Å². The average molecular weight is 477 g/mol. The number of rotatable bonds is 8. The van der Waals surface area contributed by atoms with E-state index < -0.39 is 0 Å². The molecule has 0 fully saturated rings. The molecule has 0 amide bonds. The summed E-state index contributed by atoms with van der Waals surface area (Å²) in [5, 5.41) is 1.66. The maximum atomic E-state index is 13.7. The van der Waals surface area contributed by atoms with Gasteiger partial charge in [0.2, 0.25) is 0 Å². The van der Waals surface area contributed by atoms with Crippen molar-refractivity contribution in [3.63, 3.8) is 0 Å². The van der Waals surface area contributed by atoms with Crippen LogP contribution in [0.15, 0.2) is 64.5 Å². The standard InChI is InChI=1S/C27H28N2O2S2/c1-19-11-13-21(14-12-19)31-17-18-32-27-28-25-24(22-9-5-6-10-23(22)33-25)26(30)29(27)16-15-20-7-3-2-4-8-20/h2-4,7-8,11-14H,5-6,9-10,15-18H2,1H3. The molecule has 1 aliphatic carbocycles. The molecule has 33 heavy (non-hydrogen) atoms. The first-order valence-electron chi connectivity index (χ1n) is 11.6. The Morgan fingerprint density at radius 2 is 1.85 bits per heavy atom. The van der Waals surface area contributed by atoms with Crippen LogP contribution in [-0.2, 0) is 25.8 Å². The van der Waals surface area contributed by atoms with E-state index in [0.29, 0.717) is 13.2 Å². The van der Waals surface area contributed by atoms with E-state index in [2.05, 4.69) is 31.2 Å². The van der Waals surface area contributed by atoms with Crippen LogP contribution in [0.25, 0.3) is 10.2 Å². The number of hydrogen-bond acceptors (Lipinski definition) is 5. The van der Waals surface area contributed by atoms with Gasteiger partial charge in [0.25, 0.3) is 5.56 Å². The number of aromatic nitrogens is 2. The molecule has 0 bridgehead atoms. The maximum absolute atomic E-state index is 13.7. The van der Waals surface area contributed by atoms with Crippen molar-refractivity contribution >= 4 is 33.3 Å². The fourth-order valence-electron chi connectivity index (χ4n) is 4.34. The summed E-state index contributed by atoms with van der Waals surface area (Å²) in [6.07, 6.45) is 5.26. The fourth-order valence-corrected chi connectivity index (χ4v) is 6.48. The summed E-state index contributed by atoms with van der Waals surface area (Å²) in [5.74, 6) is 1.61. The highest BCUT2D eigenvalue weighted by molar-refractivity contribution is 7.99. The van der Waals surface area contributed by atoms with E-state index in [1.165, 1.54) is 28.0 Å². The van der Waals surface area contributed by atoms with Gasteiger partial charge in [0.1, 0.15) is 10.6 Å². The highest BCUT2D eigenvalue weighted by Crippen LogP contribution is 2.34. The third kappa shape index (κ3) is 5.02. The van der Waals surface area contributed by atoms with Crippen LogP contribution in [0.5, 0.6) is 5.75 Å². The first kappa shape index (κ1) is 22.2. The molecule has 6 heteroatoms. The van der Waals surface area contributed by atoms with Crippen LogP contribution in [0.1, 0.15) is 34.4 Å². The quantitative estimate of drug-likeness (QED) is 0.176. The van der Waals surface area contributed by atoms with Gasteiger partial charge in [-0.2, -0.15) is 0 Å². The molecule has 0 N–H and O–H groups in total. The molecular weight excluding hydrogens is 448 g/mol. The minimum absolute atomic E-state index is 0.122. The first-order valence-corrected chi connectivity index (χ1v) is 13.4. The Hall–Kier alpha value is -2.57. The Morgan fingerprint density at radius 1 is 1.06 bits per heavy atom. The van der Waals surface area contributed by atoms with Crippen LogP contribution in [0.2, 0.25) is 0 Å². The Kier molecular flexibility index (Phi) is 6.83. The molecule has 2 heterocycles. The van der Waals surface area contributed by atoms with Crippen molar-refractivity contribution in [1.82, 2.24) is 9.55 Å². The minimum Gasteiger partial charge on any atom is -0.493 e. The van der Waals surface area contributed by atoms with Crippen LogP contribution in [0.4, 0.5) is 0 Å². The van der Waals surface area contributed by atoms with Crippen LogP contribution >= 0.6 is 23.1 Å². The molecule has 1 aliphatic rings. The smallest absolute Gasteiger partial charge is 0.263 e. The molecule has 2 aromatic heterocycles. The number of hydrogen-bond donors (Lipinski definition) is 0. The molecular formula is C27H28N2O2S2. The lowest BCUT2D eigenvalue weighted by molar-refractivity contribution is 0.343. The summed E-state index contributed by atoms with van der Waals surface area (Å²) in [4.78, 5) is 20.9. The summed E-state index contributed by atoms with van der Waals surface area (Å²) in [6.45, 7) is 3.28. The van der Waals surface area contributed by atoms with Gasteiger partial charge >= 0.3 is 0 Å². The molecule has 0 saturated heterocycles. The van der Waals surface area contributed by atoms with Crippen LogP contribution in [0, 0.1) is 6.92 Å². The monoisotopic (exact) mass is 476 g/mol. The maximum Gasteiger partial charge on any atom is 0.263 e. The SMILES string of the molecule is Cc1ccc(OCCSc2nc3sc4c(c3c(=O)n2CCc2ccccc2)CCCC4)cc1. The molecule has 0 saturated carbocycles. The van der Waals surface area contributed by atoms with Crippen LogP contribution in [0.3, 0.4) is 0 Å². The van der Waals surface area contributed by atoms with Gasteiger partial charge in [-0.15, -0.1) is 11.3 Å². The molecule has 0 unspecified atom stereocenters. The third-order valence-corrected chi connectivity index (χ3v) is 8.24. The molecule has 2 aromatic carbocycles. The number of nitrogens with zero attached hydrogens (tertiary/aromatic N) is 2. The van der Waals surface area contributed by atoms with Gasteiger partial charge in [-0.1, -0.05) is 59.8 Å². The molecule has 4 aromatic rings. The Morgan fingerprint density at radius 3 is 2.67 bits per heavy atom. The molecule has 0 radical (unpaired) electrons. The highest BCUT2D eigenvalue weighted by Gasteiger charge is 2.22. The van der Waals surface area contributed by atoms with Gasteiger partial charge in [-0.3, -0.25) is 9.36 Å². The second-order valence-electron chi connectivity index (χ2n) is 8.49. The zero-order valence-electron chi connectivity index (χ0n) is 18.9. The fraction of sp³-hybridized carbons (Fsp3) is 0.333. The lowest BCUT2D eigenvalue weighted by atomic mass is 9.97. The zero-order chi connectivity index (χ0) is 22.6. The van der Waals surface area contributed by atoms with Crippen molar-refractivity contribution in [2.24, 2.45) is 0 Å². The van der Waals surface area contributed by atoms with Crippen molar-refractivity contribution in [3.8, 4) is 5.75 Å². The second kappa shape index (κ2) is 10.1. The van der Waals surface area contributed by atoms with E-state index in [9.17, 15) is 4.79 Å². The Balaban J connectivity index is 1.39. The van der Waals surface area contributed by atoms with Crippen molar-refractivity contribution in [3.05, 3.63) is 86.5 Å². The average Bonchev–Trinajstić information content (AvgIpc) is 3.22. The van der Waals surface area contributed by atoms with E-state index in [4.69, 9.17) is 9.72 Å². The Labute approximate surface area is 202 Å². The van der Waals surface area contributed by atoms with E-state index >= 15 is 0 Å². The van der Waals surface area contributed by atoms with Gasteiger partial charge in [0.05, 0.1) is 12.0 Å². The van der Waals surface area contributed by atoms with E-state index in [1.807, 2.05) is 34.9 Å². The van der Waals surface area contributed by atoms with Crippen LogP contribution < -0.4 is 10.3 Å². The van der Waals surface area contributed by atoms with Crippen molar-refractivity contribution in [1.29, 1.82) is 0 Å². The minimum atomic E-state index is 0.122. The van der Waals surface area contributed by atoms with E-state index in [-0.39, 0.29) is 5.56 Å². The zero-order valence-corrected chi connectivity index (χ0v) is 20.5. The molecule has 0 aliphatic heterocycles. The van der Waals surface area contributed by atoms with Crippen molar-refractivity contribution in [2.75, 3.05) is 12.4 Å². The normalized spacial score (nSPS) is 13.2. The molecule has 4 nitrogen and oxygen atoms in total. The topological polar surface area (TPSA) is 44.1 Å². The lowest BCUT2D eigenvalue weighted by Gasteiger charge is -2.14. The summed E-state index contributed by atoms with van der Waals surface area (Å²) in [7, 11) is 0. The lowest BCUT2D eigenvalue weighted by Crippen LogP contribution is -2.25. The number of thiophene rings is 1. The molecule has 5 rings (SSSR count). The third-order valence-electron chi connectivity index (χ3n) is 6.11. The van der Waals surface area contributed by atoms with Crippen molar-refractivity contribution in [2.45, 2.75) is 50.7 Å². The number of thioether (sulfide) groups is 1. The number of ether oxygens (including phenoxy) is 1. The van der Waals surface area contributed by atoms with E-state index in [0.717, 1.165) is 52.6 Å². The van der Waals surface area contributed by atoms with Gasteiger partial charge in [-0.25, -0.2) is 4.98 Å². The van der Waals surface area contributed by atoms with Gasteiger partial charge in [-0.05, 0) is 62.3 Å². The highest BCUT2D eigenvalue weighted by atomic mass is 32.2. The largest absolute Gasteiger partial charge is 0.493 e. The molecule has 170 valence electrons. The second-order valence-corrected chi connectivity index (χ2v) is 10.6. The van der Waals surface area contributed by atoms with Gasteiger partial charge in [0.15, 0.2) is 5.16 Å². The number of benzene rings is 2. The Bertz CT molecular complexity index is 1290. The van der Waals surface area contributed by atoms with Crippen molar-refractivity contribution < 1.29 is 4.74 Å². The number of fused-ring (bicyclic) bond motifs is 3. The van der Waals surface area contributed by atoms with Gasteiger partial charge < -0.3 is 4.74 Å². The first-order chi connectivity index (χ1) is 16.2. The van der Waals surface area contributed by atoms with Crippen LogP contribution in [-0.4, -0.2) is 21.9 Å². The molecule has 0 atom stereocenters. The predicted molar refractivity (Wildman–Crippen MR) is 138 cm³/mol. The predicted octanol–water partition coefficient (Wildman–Crippen LogP) is 6.06. The summed E-state index contributed by atoms with van der Waals surface area (Å²) >= 11 is 3.33. The summed E-state index contributed by atoms with van der Waals surface area (Å²) in [5.41, 5.74) is 3.83. The number of aryl methyl sites for hydroxylation is 4.